The number of thioether (sulfide) groups is 1. The third kappa shape index (κ3) is 8.50. The minimum absolute atomic E-state index is 0.000350. The highest BCUT2D eigenvalue weighted by Gasteiger charge is 2.44. The van der Waals surface area contributed by atoms with E-state index in [2.05, 4.69) is 21.0 Å². The van der Waals surface area contributed by atoms with Crippen molar-refractivity contribution in [2.75, 3.05) is 25.6 Å². The number of carbonyl (C=O) groups excluding carboxylic acids is 2. The highest BCUT2D eigenvalue weighted by molar-refractivity contribution is 8.00. The number of nitrogens with zero attached hydrogens (tertiary/aromatic N) is 2. The van der Waals surface area contributed by atoms with Gasteiger partial charge < -0.3 is 24.6 Å². The molecule has 47 heavy (non-hydrogen) atoms. The molecule has 0 spiro atoms. The molecule has 11 nitrogen and oxygen atoms in total. The first-order valence-corrected chi connectivity index (χ1v) is 17.1. The van der Waals surface area contributed by atoms with Crippen LogP contribution in [0.25, 0.3) is 11.3 Å². The number of aliphatic hydroxyl groups is 1. The molecule has 3 aliphatic heterocycles. The Morgan fingerprint density at radius 1 is 1.09 bits per heavy atom. The fraction of sp³-hybridized carbons (Fsp3) is 0.457. The monoisotopic (exact) mass is 661 g/mol. The van der Waals surface area contributed by atoms with Crippen LogP contribution in [0.15, 0.2) is 79.0 Å². The van der Waals surface area contributed by atoms with Crippen LogP contribution in [0.2, 0.25) is 0 Å². The second-order valence-corrected chi connectivity index (χ2v) is 14.4. The Hall–Kier alpha value is -3.52. The van der Waals surface area contributed by atoms with Crippen LogP contribution in [-0.2, 0) is 32.0 Å². The molecule has 4 heterocycles. The van der Waals surface area contributed by atoms with E-state index >= 15 is 0 Å². The van der Waals surface area contributed by atoms with Crippen molar-refractivity contribution < 1.29 is 28.9 Å². The highest BCUT2D eigenvalue weighted by Crippen LogP contribution is 2.34. The average molecular weight is 662 g/mol. The maximum atomic E-state index is 13.6. The quantitative estimate of drug-likeness (QED) is 0.214. The lowest BCUT2D eigenvalue weighted by molar-refractivity contribution is -0.129. The van der Waals surface area contributed by atoms with Gasteiger partial charge in [-0.1, -0.05) is 60.7 Å². The van der Waals surface area contributed by atoms with Crippen LogP contribution in [0.1, 0.15) is 31.4 Å². The SMILES string of the molecule is CC1(C)SCNC1C(=O)NN(Cc1ccc(-c2ccccn2)cc1)C[C@H](O)[C@H](Cc1ccccc1)NC(=O)O[C@H]1CO[C@H]2OCC[C@H]21. The number of ether oxygens (including phenoxy) is 3. The van der Waals surface area contributed by atoms with Gasteiger partial charge in [0.25, 0.3) is 5.91 Å². The van der Waals surface area contributed by atoms with Crippen LogP contribution in [-0.4, -0.2) is 88.1 Å². The Morgan fingerprint density at radius 2 is 1.87 bits per heavy atom. The van der Waals surface area contributed by atoms with E-state index in [0.717, 1.165) is 28.8 Å². The predicted octanol–water partition coefficient (Wildman–Crippen LogP) is 3.48. The number of carbonyl (C=O) groups is 2. The van der Waals surface area contributed by atoms with E-state index in [0.29, 0.717) is 25.4 Å². The normalized spacial score (nSPS) is 24.4. The van der Waals surface area contributed by atoms with Crippen molar-refractivity contribution in [3.05, 3.63) is 90.1 Å². The molecule has 3 fully saturated rings. The first-order valence-electron chi connectivity index (χ1n) is 16.1. The summed E-state index contributed by atoms with van der Waals surface area (Å²) in [5.41, 5.74) is 6.80. The van der Waals surface area contributed by atoms with E-state index in [4.69, 9.17) is 14.2 Å². The summed E-state index contributed by atoms with van der Waals surface area (Å²) in [5, 5.41) is 19.6. The summed E-state index contributed by atoms with van der Waals surface area (Å²) < 4.78 is 16.7. The van der Waals surface area contributed by atoms with Gasteiger partial charge >= 0.3 is 6.09 Å². The van der Waals surface area contributed by atoms with E-state index in [1.54, 1.807) is 23.0 Å². The summed E-state index contributed by atoms with van der Waals surface area (Å²) in [4.78, 5) is 31.2. The van der Waals surface area contributed by atoms with Crippen LogP contribution in [0.5, 0.6) is 0 Å². The van der Waals surface area contributed by atoms with Crippen molar-refractivity contribution in [1.29, 1.82) is 0 Å². The summed E-state index contributed by atoms with van der Waals surface area (Å²) in [6.07, 6.45) is 0.449. The number of benzene rings is 2. The lowest BCUT2D eigenvalue weighted by atomic mass is 10.0. The summed E-state index contributed by atoms with van der Waals surface area (Å²) >= 11 is 1.69. The van der Waals surface area contributed by atoms with Crippen LogP contribution < -0.4 is 16.1 Å². The van der Waals surface area contributed by atoms with Gasteiger partial charge in [-0.2, -0.15) is 0 Å². The Balaban J connectivity index is 1.18. The van der Waals surface area contributed by atoms with Crippen molar-refractivity contribution in [3.8, 4) is 11.3 Å². The number of hydrogen-bond acceptors (Lipinski definition) is 10. The zero-order valence-electron chi connectivity index (χ0n) is 26.7. The third-order valence-corrected chi connectivity index (χ3v) is 10.3. The topological polar surface area (TPSA) is 134 Å². The summed E-state index contributed by atoms with van der Waals surface area (Å²) in [7, 11) is 0. The number of alkyl carbamates (subject to hydrolysis) is 1. The number of fused-ring (bicyclic) bond motifs is 1. The zero-order chi connectivity index (χ0) is 32.8. The summed E-state index contributed by atoms with van der Waals surface area (Å²) in [6, 6.07) is 22.3. The Morgan fingerprint density at radius 3 is 2.60 bits per heavy atom. The highest BCUT2D eigenvalue weighted by atomic mass is 32.2. The van der Waals surface area contributed by atoms with Crippen LogP contribution in [0, 0.1) is 5.92 Å². The van der Waals surface area contributed by atoms with E-state index in [-0.39, 0.29) is 36.0 Å². The average Bonchev–Trinajstić information content (AvgIpc) is 3.79. The number of amides is 2. The molecule has 6 rings (SSSR count). The molecular formula is C35H43N5O6S. The van der Waals surface area contributed by atoms with Gasteiger partial charge in [0, 0.05) is 35.5 Å². The van der Waals surface area contributed by atoms with Gasteiger partial charge in [0.05, 0.1) is 37.0 Å². The molecule has 0 radical (unpaired) electrons. The first-order chi connectivity index (χ1) is 22.7. The zero-order valence-corrected chi connectivity index (χ0v) is 27.5. The second kappa shape index (κ2) is 15.1. The van der Waals surface area contributed by atoms with Gasteiger partial charge in [-0.25, -0.2) is 9.80 Å². The standard InChI is InChI=1S/C35H43N5O6S/c1-35(2)31(37-22-47-35)32(42)39-40(19-24-11-13-25(14-12-24)27-10-6-7-16-36-27)20-29(41)28(18-23-8-4-3-5-9-23)38-34(43)46-30-21-45-33-26(30)15-17-44-33/h3-14,16,26,28-31,33,37,41H,15,17-22H2,1-2H3,(H,38,43)(H,39,42)/t26-,28-,29-,30-,31?,33+/m0/s1. The molecule has 0 saturated carbocycles. The lowest BCUT2D eigenvalue weighted by Gasteiger charge is -2.32. The van der Waals surface area contributed by atoms with E-state index in [1.807, 2.05) is 86.6 Å². The molecule has 2 amide bonds. The van der Waals surface area contributed by atoms with Crippen molar-refractivity contribution in [3.63, 3.8) is 0 Å². The van der Waals surface area contributed by atoms with Gasteiger partial charge in [-0.3, -0.25) is 20.5 Å². The van der Waals surface area contributed by atoms with Crippen LogP contribution in [0.4, 0.5) is 4.79 Å². The molecule has 12 heteroatoms. The van der Waals surface area contributed by atoms with Crippen molar-refractivity contribution in [2.24, 2.45) is 5.92 Å². The smallest absolute Gasteiger partial charge is 0.407 e. The predicted molar refractivity (Wildman–Crippen MR) is 179 cm³/mol. The van der Waals surface area contributed by atoms with E-state index in [1.165, 1.54) is 0 Å². The number of hydrazine groups is 1. The van der Waals surface area contributed by atoms with E-state index in [9.17, 15) is 14.7 Å². The molecule has 250 valence electrons. The molecule has 6 atom stereocenters. The summed E-state index contributed by atoms with van der Waals surface area (Å²) in [5.74, 6) is 0.492. The molecule has 3 saturated heterocycles. The molecule has 0 bridgehead atoms. The largest absolute Gasteiger partial charge is 0.443 e. The van der Waals surface area contributed by atoms with Crippen molar-refractivity contribution in [1.82, 2.24) is 26.1 Å². The maximum Gasteiger partial charge on any atom is 0.407 e. The molecular weight excluding hydrogens is 618 g/mol. The second-order valence-electron chi connectivity index (χ2n) is 12.8. The molecule has 1 aromatic heterocycles. The molecule has 2 aromatic carbocycles. The fourth-order valence-corrected chi connectivity index (χ4v) is 7.31. The van der Waals surface area contributed by atoms with Crippen molar-refractivity contribution in [2.45, 2.75) is 68.6 Å². The van der Waals surface area contributed by atoms with Crippen molar-refractivity contribution >= 4 is 23.8 Å². The number of rotatable bonds is 12. The minimum atomic E-state index is -1.06. The first kappa shape index (κ1) is 33.4. The third-order valence-electron chi connectivity index (χ3n) is 8.96. The maximum absolute atomic E-state index is 13.6. The lowest BCUT2D eigenvalue weighted by Crippen LogP contribution is -2.57. The van der Waals surface area contributed by atoms with Crippen LogP contribution in [0.3, 0.4) is 0 Å². The van der Waals surface area contributed by atoms with Gasteiger partial charge in [0.1, 0.15) is 12.1 Å². The molecule has 0 aliphatic carbocycles. The van der Waals surface area contributed by atoms with Crippen LogP contribution >= 0.6 is 11.8 Å². The number of hydrogen-bond donors (Lipinski definition) is 4. The Kier molecular flexibility index (Phi) is 10.8. The molecule has 1 unspecified atom stereocenters. The number of pyridine rings is 1. The van der Waals surface area contributed by atoms with Gasteiger partial charge in [-0.15, -0.1) is 11.8 Å². The Bertz CT molecular complexity index is 1480. The number of aliphatic hydroxyl groups excluding tert-OH is 1. The molecule has 3 aromatic rings. The van der Waals surface area contributed by atoms with Gasteiger partial charge in [-0.05, 0) is 49.9 Å². The molecule has 3 aliphatic rings. The fourth-order valence-electron chi connectivity index (χ4n) is 6.33. The van der Waals surface area contributed by atoms with Gasteiger partial charge in [0.2, 0.25) is 0 Å². The van der Waals surface area contributed by atoms with E-state index < -0.39 is 30.4 Å². The minimum Gasteiger partial charge on any atom is -0.443 e. The number of aromatic nitrogens is 1. The summed E-state index contributed by atoms with van der Waals surface area (Å²) in [6.45, 7) is 5.31. The molecule has 4 N–H and O–H groups in total. The Labute approximate surface area is 279 Å². The number of nitrogens with one attached hydrogen (secondary N) is 3. The van der Waals surface area contributed by atoms with Gasteiger partial charge in [0.15, 0.2) is 6.29 Å².